The molecule has 0 heterocycles. The molecule has 1 aliphatic carbocycles. The SMILES string of the molecule is CCNCC1(Oc2c(Cl)cc(Cl)cc2Cl)CC1. The Labute approximate surface area is 116 Å². The van der Waals surface area contributed by atoms with Gasteiger partial charge in [0.1, 0.15) is 5.60 Å². The smallest absolute Gasteiger partial charge is 0.157 e. The van der Waals surface area contributed by atoms with Crippen molar-refractivity contribution in [2.75, 3.05) is 13.1 Å². The van der Waals surface area contributed by atoms with E-state index in [2.05, 4.69) is 12.2 Å². The van der Waals surface area contributed by atoms with Gasteiger partial charge in [0.15, 0.2) is 5.75 Å². The average molecular weight is 295 g/mol. The van der Waals surface area contributed by atoms with Crippen molar-refractivity contribution in [3.05, 3.63) is 27.2 Å². The van der Waals surface area contributed by atoms with Gasteiger partial charge in [-0.2, -0.15) is 0 Å². The van der Waals surface area contributed by atoms with Crippen molar-refractivity contribution < 1.29 is 4.74 Å². The van der Waals surface area contributed by atoms with Crippen molar-refractivity contribution in [1.82, 2.24) is 5.32 Å². The fourth-order valence-electron chi connectivity index (χ4n) is 1.65. The Balaban J connectivity index is 2.13. The molecule has 0 atom stereocenters. The summed E-state index contributed by atoms with van der Waals surface area (Å²) in [6.07, 6.45) is 2.05. The van der Waals surface area contributed by atoms with E-state index < -0.39 is 0 Å². The molecule has 0 spiro atoms. The molecule has 1 saturated carbocycles. The number of nitrogens with one attached hydrogen (secondary N) is 1. The summed E-state index contributed by atoms with van der Waals surface area (Å²) in [5, 5.41) is 4.73. The predicted octanol–water partition coefficient (Wildman–Crippen LogP) is 4.17. The minimum Gasteiger partial charge on any atom is -0.483 e. The van der Waals surface area contributed by atoms with Crippen molar-refractivity contribution in [2.24, 2.45) is 0 Å². The van der Waals surface area contributed by atoms with E-state index in [0.29, 0.717) is 20.8 Å². The molecule has 17 heavy (non-hydrogen) atoms. The van der Waals surface area contributed by atoms with E-state index in [-0.39, 0.29) is 5.60 Å². The first-order chi connectivity index (χ1) is 8.06. The van der Waals surface area contributed by atoms with Gasteiger partial charge in [-0.25, -0.2) is 0 Å². The topological polar surface area (TPSA) is 21.3 Å². The molecule has 1 fully saturated rings. The molecule has 2 nitrogen and oxygen atoms in total. The van der Waals surface area contributed by atoms with Crippen LogP contribution in [0, 0.1) is 0 Å². The molecule has 0 unspecified atom stereocenters. The predicted molar refractivity (Wildman–Crippen MR) is 72.6 cm³/mol. The van der Waals surface area contributed by atoms with Crippen molar-refractivity contribution in [1.29, 1.82) is 0 Å². The molecule has 0 aromatic heterocycles. The summed E-state index contributed by atoms with van der Waals surface area (Å²) in [4.78, 5) is 0. The highest BCUT2D eigenvalue weighted by Gasteiger charge is 2.45. The number of hydrogen-bond donors (Lipinski definition) is 1. The van der Waals surface area contributed by atoms with Crippen LogP contribution in [0.25, 0.3) is 0 Å². The molecule has 0 bridgehead atoms. The zero-order valence-corrected chi connectivity index (χ0v) is 11.8. The maximum absolute atomic E-state index is 6.09. The summed E-state index contributed by atoms with van der Waals surface area (Å²) in [5.74, 6) is 0.535. The van der Waals surface area contributed by atoms with Gasteiger partial charge in [0.25, 0.3) is 0 Å². The Kier molecular flexibility index (Phi) is 4.09. The summed E-state index contributed by atoms with van der Waals surface area (Å²) in [5.41, 5.74) is -0.142. The molecule has 0 amide bonds. The second-order valence-corrected chi connectivity index (χ2v) is 5.51. The standard InChI is InChI=1S/C12H14Cl3NO/c1-2-16-7-12(3-4-12)17-11-9(14)5-8(13)6-10(11)15/h5-6,16H,2-4,7H2,1H3. The Morgan fingerprint density at radius 2 is 1.82 bits per heavy atom. The van der Waals surface area contributed by atoms with Gasteiger partial charge in [-0.3, -0.25) is 0 Å². The molecule has 1 aromatic carbocycles. The lowest BCUT2D eigenvalue weighted by Gasteiger charge is -2.20. The zero-order chi connectivity index (χ0) is 12.5. The molecule has 0 aliphatic heterocycles. The lowest BCUT2D eigenvalue weighted by Crippen LogP contribution is -2.33. The molecule has 1 aliphatic rings. The van der Waals surface area contributed by atoms with Crippen molar-refractivity contribution >= 4 is 34.8 Å². The van der Waals surface area contributed by atoms with E-state index in [1.165, 1.54) is 0 Å². The van der Waals surface area contributed by atoms with Crippen LogP contribution in [0.5, 0.6) is 5.75 Å². The van der Waals surface area contributed by atoms with E-state index in [1.807, 2.05) is 0 Å². The average Bonchev–Trinajstić information content (AvgIpc) is 3.01. The van der Waals surface area contributed by atoms with Gasteiger partial charge < -0.3 is 10.1 Å². The minimum absolute atomic E-state index is 0.142. The fraction of sp³-hybridized carbons (Fsp3) is 0.500. The van der Waals surface area contributed by atoms with Gasteiger partial charge in [-0.15, -0.1) is 0 Å². The third kappa shape index (κ3) is 3.19. The van der Waals surface area contributed by atoms with E-state index in [0.717, 1.165) is 25.9 Å². The molecule has 2 rings (SSSR count). The molecule has 5 heteroatoms. The Morgan fingerprint density at radius 3 is 2.29 bits per heavy atom. The number of benzene rings is 1. The highest BCUT2D eigenvalue weighted by molar-refractivity contribution is 6.40. The van der Waals surface area contributed by atoms with Crippen molar-refractivity contribution in [3.8, 4) is 5.75 Å². The maximum Gasteiger partial charge on any atom is 0.157 e. The molecular formula is C12H14Cl3NO. The molecule has 1 N–H and O–H groups in total. The number of likely N-dealkylation sites (N-methyl/N-ethyl adjacent to an activating group) is 1. The van der Waals surface area contributed by atoms with Crippen LogP contribution in [0.15, 0.2) is 12.1 Å². The van der Waals surface area contributed by atoms with Crippen LogP contribution < -0.4 is 10.1 Å². The van der Waals surface area contributed by atoms with Gasteiger partial charge in [0.05, 0.1) is 10.0 Å². The monoisotopic (exact) mass is 293 g/mol. The van der Waals surface area contributed by atoms with Gasteiger partial charge >= 0.3 is 0 Å². The summed E-state index contributed by atoms with van der Waals surface area (Å²) in [6.45, 7) is 3.81. The minimum atomic E-state index is -0.142. The van der Waals surface area contributed by atoms with Crippen LogP contribution in [-0.2, 0) is 0 Å². The van der Waals surface area contributed by atoms with Crippen LogP contribution in [0.4, 0.5) is 0 Å². The van der Waals surface area contributed by atoms with Crippen LogP contribution in [0.3, 0.4) is 0 Å². The Hall–Kier alpha value is -0.150. The van der Waals surface area contributed by atoms with Gasteiger partial charge in [0, 0.05) is 11.6 Å². The van der Waals surface area contributed by atoms with Crippen LogP contribution in [0.1, 0.15) is 19.8 Å². The highest BCUT2D eigenvalue weighted by atomic mass is 35.5. The van der Waals surface area contributed by atoms with Crippen LogP contribution in [-0.4, -0.2) is 18.7 Å². The van der Waals surface area contributed by atoms with Crippen LogP contribution >= 0.6 is 34.8 Å². The third-order valence-corrected chi connectivity index (χ3v) is 3.57. The lowest BCUT2D eigenvalue weighted by atomic mass is 10.3. The molecule has 0 radical (unpaired) electrons. The van der Waals surface area contributed by atoms with Gasteiger partial charge in [-0.1, -0.05) is 41.7 Å². The first-order valence-electron chi connectivity index (χ1n) is 5.60. The van der Waals surface area contributed by atoms with E-state index >= 15 is 0 Å². The highest BCUT2D eigenvalue weighted by Crippen LogP contribution is 2.45. The molecule has 1 aromatic rings. The zero-order valence-electron chi connectivity index (χ0n) is 9.53. The second kappa shape index (κ2) is 5.23. The number of rotatable bonds is 5. The van der Waals surface area contributed by atoms with E-state index in [4.69, 9.17) is 39.5 Å². The lowest BCUT2D eigenvalue weighted by molar-refractivity contribution is 0.176. The van der Waals surface area contributed by atoms with Gasteiger partial charge in [-0.05, 0) is 31.5 Å². The molecule has 0 saturated heterocycles. The quantitative estimate of drug-likeness (QED) is 0.880. The molecule has 94 valence electrons. The number of hydrogen-bond acceptors (Lipinski definition) is 2. The first-order valence-corrected chi connectivity index (χ1v) is 6.74. The molecular weight excluding hydrogens is 280 g/mol. The first kappa shape index (κ1) is 13.3. The fourth-order valence-corrected chi connectivity index (χ4v) is 2.54. The van der Waals surface area contributed by atoms with Crippen molar-refractivity contribution in [2.45, 2.75) is 25.4 Å². The van der Waals surface area contributed by atoms with E-state index in [1.54, 1.807) is 12.1 Å². The number of ether oxygens (including phenoxy) is 1. The summed E-state index contributed by atoms with van der Waals surface area (Å²) in [6, 6.07) is 3.29. The Morgan fingerprint density at radius 1 is 1.24 bits per heavy atom. The van der Waals surface area contributed by atoms with E-state index in [9.17, 15) is 0 Å². The Bertz CT molecular complexity index is 395. The second-order valence-electron chi connectivity index (χ2n) is 4.26. The summed E-state index contributed by atoms with van der Waals surface area (Å²) < 4.78 is 5.95. The number of halogens is 3. The third-order valence-electron chi connectivity index (χ3n) is 2.79. The summed E-state index contributed by atoms with van der Waals surface area (Å²) >= 11 is 18.0. The largest absolute Gasteiger partial charge is 0.483 e. The van der Waals surface area contributed by atoms with Gasteiger partial charge in [0.2, 0.25) is 0 Å². The maximum atomic E-state index is 6.09. The van der Waals surface area contributed by atoms with Crippen molar-refractivity contribution in [3.63, 3.8) is 0 Å². The summed E-state index contributed by atoms with van der Waals surface area (Å²) in [7, 11) is 0. The normalized spacial score (nSPS) is 16.9. The van der Waals surface area contributed by atoms with Crippen LogP contribution in [0.2, 0.25) is 15.1 Å².